The van der Waals surface area contributed by atoms with Crippen molar-refractivity contribution < 1.29 is 27.8 Å². The summed E-state index contributed by atoms with van der Waals surface area (Å²) in [7, 11) is -1.76. The van der Waals surface area contributed by atoms with Gasteiger partial charge in [0, 0.05) is 12.4 Å². The highest BCUT2D eigenvalue weighted by Gasteiger charge is 2.40. The fourth-order valence-electron chi connectivity index (χ4n) is 3.01. The molecule has 0 bridgehead atoms. The second-order valence-corrected chi connectivity index (χ2v) is 8.76. The van der Waals surface area contributed by atoms with Gasteiger partial charge in [0.2, 0.25) is 5.95 Å². The molecule has 1 fully saturated rings. The Kier molecular flexibility index (Phi) is 8.91. The summed E-state index contributed by atoms with van der Waals surface area (Å²) in [6, 6.07) is 6.99. The number of rotatable bonds is 8. The van der Waals surface area contributed by atoms with Crippen LogP contribution in [0.15, 0.2) is 41.6 Å². The number of hydroxylamine groups is 1. The molecule has 0 saturated heterocycles. The quantitative estimate of drug-likeness (QED) is 0.422. The molecule has 3 rings (SSSR count). The number of aromatic nitrogens is 2. The molecule has 10 nitrogen and oxygen atoms in total. The third kappa shape index (κ3) is 6.73. The van der Waals surface area contributed by atoms with Crippen molar-refractivity contribution in [3.05, 3.63) is 47.8 Å². The van der Waals surface area contributed by atoms with Crippen LogP contribution in [0.1, 0.15) is 42.6 Å². The van der Waals surface area contributed by atoms with Crippen LogP contribution in [0.5, 0.6) is 0 Å². The maximum absolute atomic E-state index is 12.6. The lowest BCUT2D eigenvalue weighted by atomic mass is 9.77. The Morgan fingerprint density at radius 2 is 1.79 bits per heavy atom. The van der Waals surface area contributed by atoms with E-state index in [1.165, 1.54) is 0 Å². The zero-order chi connectivity index (χ0) is 23.3. The van der Waals surface area contributed by atoms with Crippen LogP contribution in [0, 0.1) is 6.92 Å². The molecule has 1 atom stereocenters. The third-order valence-corrected chi connectivity index (χ3v) is 6.14. The highest BCUT2D eigenvalue weighted by Crippen LogP contribution is 2.35. The van der Waals surface area contributed by atoms with E-state index in [9.17, 15) is 27.8 Å². The summed E-state index contributed by atoms with van der Waals surface area (Å²) >= 11 is 0. The number of halogens is 2. The van der Waals surface area contributed by atoms with Crippen molar-refractivity contribution in [3.63, 3.8) is 0 Å². The number of anilines is 1. The van der Waals surface area contributed by atoms with E-state index in [1.807, 2.05) is 24.5 Å². The van der Waals surface area contributed by atoms with Crippen molar-refractivity contribution in [1.82, 2.24) is 25.3 Å². The molecule has 2 amide bonds. The smallest absolute Gasteiger partial charge is 0.317 e. The molecule has 0 radical (unpaired) electrons. The van der Waals surface area contributed by atoms with E-state index in [1.54, 1.807) is 17.6 Å². The number of hydrogen-bond acceptors (Lipinski definition) is 7. The molecule has 1 saturated carbocycles. The van der Waals surface area contributed by atoms with Gasteiger partial charge in [0.05, 0.1) is 22.5 Å². The minimum absolute atomic E-state index is 0. The number of nitrogens with one attached hydrogen (secondary N) is 3. The van der Waals surface area contributed by atoms with Crippen LogP contribution >= 0.6 is 0 Å². The van der Waals surface area contributed by atoms with Crippen LogP contribution < -0.4 is 16.2 Å². The Hall–Kier alpha value is -3.03. The van der Waals surface area contributed by atoms with Gasteiger partial charge >= 0.3 is 12.3 Å². The average molecular weight is 485 g/mol. The van der Waals surface area contributed by atoms with E-state index in [0.29, 0.717) is 17.7 Å². The Morgan fingerprint density at radius 1 is 1.18 bits per heavy atom. The number of alkyl halides is 2. The molecule has 1 unspecified atom stereocenters. The Labute approximate surface area is 192 Å². The zero-order valence-electron chi connectivity index (χ0n) is 17.0. The van der Waals surface area contributed by atoms with E-state index in [4.69, 9.17) is 0 Å². The summed E-state index contributed by atoms with van der Waals surface area (Å²) in [6.07, 6.45) is 1.31. The largest absolute Gasteiger partial charge is 0.347 e. The van der Waals surface area contributed by atoms with E-state index in [2.05, 4.69) is 15.3 Å². The van der Waals surface area contributed by atoms with Gasteiger partial charge in [-0.2, -0.15) is 8.78 Å². The van der Waals surface area contributed by atoms with Crippen molar-refractivity contribution in [3.8, 4) is 0 Å². The standard InChI is InChI=1S/C19H22F2N6O4S.CH4/c1-12-3-5-14(6-4-12)32(31)27(30)11-19(7-2-8-19)24-18-22-9-13(10-23-18)16(28)25-26-17(29)15(20)21;/h3-6,9-10,15,30H,2,7-8,11H2,1H3,(H,25,28)(H,26,29)(H,22,23,24);1H4. The molecule has 1 heterocycles. The zero-order valence-corrected chi connectivity index (χ0v) is 17.9. The van der Waals surface area contributed by atoms with Crippen LogP contribution in [0.2, 0.25) is 0 Å². The minimum atomic E-state index is -3.26. The van der Waals surface area contributed by atoms with Gasteiger partial charge < -0.3 is 10.5 Å². The maximum atomic E-state index is 12.6. The normalized spacial score (nSPS) is 15.2. The van der Waals surface area contributed by atoms with Crippen LogP contribution in [-0.2, 0) is 15.8 Å². The van der Waals surface area contributed by atoms with Gasteiger partial charge in [-0.05, 0) is 38.3 Å². The highest BCUT2D eigenvalue weighted by atomic mass is 32.2. The predicted molar refractivity (Wildman–Crippen MR) is 117 cm³/mol. The van der Waals surface area contributed by atoms with Gasteiger partial charge in [-0.15, -0.1) is 4.47 Å². The van der Waals surface area contributed by atoms with E-state index >= 15 is 0 Å². The molecule has 2 aromatic rings. The SMILES string of the molecule is C.Cc1ccc(S(=O)N(O)CC2(Nc3ncc(C(=O)NNC(=O)C(F)F)cn3)CCC2)cc1. The number of amides is 2. The lowest BCUT2D eigenvalue weighted by Crippen LogP contribution is -2.53. The number of benzene rings is 1. The first-order chi connectivity index (χ1) is 15.2. The molecular weight excluding hydrogens is 458 g/mol. The number of hydrogen-bond donors (Lipinski definition) is 4. The van der Waals surface area contributed by atoms with Crippen LogP contribution in [0.3, 0.4) is 0 Å². The third-order valence-electron chi connectivity index (χ3n) is 4.95. The fourth-order valence-corrected chi connectivity index (χ4v) is 3.99. The van der Waals surface area contributed by atoms with Crippen molar-refractivity contribution in [1.29, 1.82) is 0 Å². The van der Waals surface area contributed by atoms with Gasteiger partial charge in [-0.1, -0.05) is 25.1 Å². The predicted octanol–water partition coefficient (Wildman–Crippen LogP) is 2.20. The molecule has 1 aromatic carbocycles. The van der Waals surface area contributed by atoms with Gasteiger partial charge in [0.1, 0.15) is 0 Å². The van der Waals surface area contributed by atoms with Crippen molar-refractivity contribution in [2.45, 2.75) is 50.5 Å². The Bertz CT molecular complexity index is 987. The molecule has 1 aliphatic rings. The van der Waals surface area contributed by atoms with Crippen molar-refractivity contribution in [2.24, 2.45) is 0 Å². The summed E-state index contributed by atoms with van der Waals surface area (Å²) < 4.78 is 37.7. The first-order valence-electron chi connectivity index (χ1n) is 9.63. The topological polar surface area (TPSA) is 137 Å². The number of carbonyl (C=O) groups excluding carboxylic acids is 2. The lowest BCUT2D eigenvalue weighted by Gasteiger charge is -2.43. The maximum Gasteiger partial charge on any atom is 0.317 e. The first-order valence-corrected chi connectivity index (χ1v) is 10.7. The molecular formula is C20H26F2N6O4S. The van der Waals surface area contributed by atoms with Gasteiger partial charge in [-0.3, -0.25) is 20.4 Å². The number of nitrogens with zero attached hydrogens (tertiary/aromatic N) is 3. The second-order valence-electron chi connectivity index (χ2n) is 7.37. The second kappa shape index (κ2) is 11.2. The van der Waals surface area contributed by atoms with Gasteiger partial charge in [0.25, 0.3) is 5.91 Å². The van der Waals surface area contributed by atoms with E-state index in [-0.39, 0.29) is 25.5 Å². The van der Waals surface area contributed by atoms with Crippen LogP contribution in [0.25, 0.3) is 0 Å². The molecule has 0 spiro atoms. The summed E-state index contributed by atoms with van der Waals surface area (Å²) in [5.41, 5.74) is 3.76. The van der Waals surface area contributed by atoms with Gasteiger partial charge in [-0.25, -0.2) is 14.2 Å². The number of aryl methyl sites for hydroxylation is 1. The van der Waals surface area contributed by atoms with Crippen LogP contribution in [0.4, 0.5) is 14.7 Å². The van der Waals surface area contributed by atoms with Crippen molar-refractivity contribution >= 4 is 28.7 Å². The fraction of sp³-hybridized carbons (Fsp3) is 0.400. The van der Waals surface area contributed by atoms with Gasteiger partial charge in [0.15, 0.2) is 11.0 Å². The van der Waals surface area contributed by atoms with E-state index in [0.717, 1.165) is 28.8 Å². The molecule has 0 aliphatic heterocycles. The molecule has 180 valence electrons. The molecule has 33 heavy (non-hydrogen) atoms. The monoisotopic (exact) mass is 484 g/mol. The first kappa shape index (κ1) is 26.2. The summed E-state index contributed by atoms with van der Waals surface area (Å²) in [5.74, 6) is -2.33. The molecule has 4 N–H and O–H groups in total. The molecule has 1 aliphatic carbocycles. The molecule has 13 heteroatoms. The number of carbonyl (C=O) groups is 2. The lowest BCUT2D eigenvalue weighted by molar-refractivity contribution is -0.132. The summed E-state index contributed by atoms with van der Waals surface area (Å²) in [4.78, 5) is 31.2. The van der Waals surface area contributed by atoms with Crippen LogP contribution in [-0.4, -0.2) is 54.2 Å². The highest BCUT2D eigenvalue weighted by molar-refractivity contribution is 7.82. The molecule has 1 aromatic heterocycles. The summed E-state index contributed by atoms with van der Waals surface area (Å²) in [6.45, 7) is 1.96. The average Bonchev–Trinajstić information content (AvgIpc) is 2.76. The number of hydrazine groups is 1. The Morgan fingerprint density at radius 3 is 2.30 bits per heavy atom. The van der Waals surface area contributed by atoms with E-state index < -0.39 is 34.8 Å². The summed E-state index contributed by atoms with van der Waals surface area (Å²) in [5, 5.41) is 13.5. The Balaban J connectivity index is 0.00000385. The minimum Gasteiger partial charge on any atom is -0.347 e. The van der Waals surface area contributed by atoms with Crippen molar-refractivity contribution in [2.75, 3.05) is 11.9 Å².